The monoisotopic (exact) mass is 364 g/mol. The number of hydrogen-bond donors (Lipinski definition) is 1. The molecular formula is C18H18ClFN2O3. The highest BCUT2D eigenvalue weighted by Gasteiger charge is 2.17. The van der Waals surface area contributed by atoms with Gasteiger partial charge in [-0.1, -0.05) is 29.8 Å². The highest BCUT2D eigenvalue weighted by atomic mass is 35.5. The molecule has 0 radical (unpaired) electrons. The first-order chi connectivity index (χ1) is 12.0. The lowest BCUT2D eigenvalue weighted by Gasteiger charge is -2.21. The number of likely N-dealkylation sites (N-methyl/N-ethyl adjacent to an activating group) is 1. The summed E-state index contributed by atoms with van der Waals surface area (Å²) in [6.07, 6.45) is 0. The first-order valence-corrected chi connectivity index (χ1v) is 8.21. The maximum Gasteiger partial charge on any atom is 0.238 e. The Balaban J connectivity index is 1.61. The Kier molecular flexibility index (Phi) is 5.40. The SMILES string of the molecule is CN(CC(=O)Nc1cc2c(cc1Cl)OCCO2)Cc1ccccc1F. The third-order valence-corrected chi connectivity index (χ3v) is 4.03. The van der Waals surface area contributed by atoms with Gasteiger partial charge in [0.05, 0.1) is 17.3 Å². The molecule has 1 heterocycles. The standard InChI is InChI=1S/C18H18ClFN2O3/c1-22(10-12-4-2-3-5-14(12)20)11-18(23)21-15-9-17-16(8-13(15)19)24-6-7-25-17/h2-5,8-9H,6-7,10-11H2,1H3,(H,21,23). The van der Waals surface area contributed by atoms with Gasteiger partial charge >= 0.3 is 0 Å². The van der Waals surface area contributed by atoms with Gasteiger partial charge in [0.15, 0.2) is 11.5 Å². The average Bonchev–Trinajstić information content (AvgIpc) is 2.57. The van der Waals surface area contributed by atoms with Crippen LogP contribution in [0, 0.1) is 5.82 Å². The zero-order valence-corrected chi connectivity index (χ0v) is 14.5. The molecule has 1 N–H and O–H groups in total. The van der Waals surface area contributed by atoms with E-state index in [1.54, 1.807) is 42.3 Å². The molecule has 0 atom stereocenters. The number of amides is 1. The van der Waals surface area contributed by atoms with Crippen molar-refractivity contribution in [3.8, 4) is 11.5 Å². The maximum atomic E-state index is 13.7. The van der Waals surface area contributed by atoms with Crippen molar-refractivity contribution in [3.63, 3.8) is 0 Å². The Bertz CT molecular complexity index is 785. The van der Waals surface area contributed by atoms with E-state index in [0.717, 1.165) is 0 Å². The predicted octanol–water partition coefficient (Wildman–Crippen LogP) is 3.32. The third kappa shape index (κ3) is 4.41. The number of ether oxygens (including phenoxy) is 2. The number of nitrogens with zero attached hydrogens (tertiary/aromatic N) is 1. The zero-order chi connectivity index (χ0) is 17.8. The van der Waals surface area contributed by atoms with Crippen molar-refractivity contribution in [2.75, 3.05) is 32.1 Å². The van der Waals surface area contributed by atoms with E-state index in [0.29, 0.717) is 47.5 Å². The maximum absolute atomic E-state index is 13.7. The van der Waals surface area contributed by atoms with Gasteiger partial charge in [-0.2, -0.15) is 0 Å². The molecule has 5 nitrogen and oxygen atoms in total. The fourth-order valence-electron chi connectivity index (χ4n) is 2.57. The van der Waals surface area contributed by atoms with Crippen LogP contribution in [0.5, 0.6) is 11.5 Å². The van der Waals surface area contributed by atoms with Crippen LogP contribution in [-0.4, -0.2) is 37.6 Å². The summed E-state index contributed by atoms with van der Waals surface area (Å²) in [5, 5.41) is 3.12. The Hall–Kier alpha value is -2.31. The highest BCUT2D eigenvalue weighted by molar-refractivity contribution is 6.34. The van der Waals surface area contributed by atoms with Crippen molar-refractivity contribution in [2.45, 2.75) is 6.54 Å². The smallest absolute Gasteiger partial charge is 0.238 e. The van der Waals surface area contributed by atoms with Gasteiger partial charge < -0.3 is 14.8 Å². The van der Waals surface area contributed by atoms with E-state index in [-0.39, 0.29) is 18.3 Å². The molecule has 0 aliphatic carbocycles. The van der Waals surface area contributed by atoms with E-state index in [2.05, 4.69) is 5.32 Å². The van der Waals surface area contributed by atoms with Crippen LogP contribution in [0.3, 0.4) is 0 Å². The van der Waals surface area contributed by atoms with E-state index >= 15 is 0 Å². The first-order valence-electron chi connectivity index (χ1n) is 7.84. The molecule has 132 valence electrons. The molecule has 3 rings (SSSR count). The number of carbonyl (C=O) groups excluding carboxylic acids is 1. The Labute approximate surface area is 150 Å². The van der Waals surface area contributed by atoms with Crippen LogP contribution in [0.4, 0.5) is 10.1 Å². The van der Waals surface area contributed by atoms with Crippen molar-refractivity contribution in [2.24, 2.45) is 0 Å². The largest absolute Gasteiger partial charge is 0.486 e. The van der Waals surface area contributed by atoms with E-state index in [1.807, 2.05) is 0 Å². The Morgan fingerprint density at radius 1 is 1.24 bits per heavy atom. The molecule has 7 heteroatoms. The summed E-state index contributed by atoms with van der Waals surface area (Å²) in [5.74, 6) is 0.568. The summed E-state index contributed by atoms with van der Waals surface area (Å²) in [5.41, 5.74) is 0.991. The summed E-state index contributed by atoms with van der Waals surface area (Å²) in [6.45, 7) is 1.34. The average molecular weight is 365 g/mol. The van der Waals surface area contributed by atoms with Crippen LogP contribution in [-0.2, 0) is 11.3 Å². The number of halogens is 2. The number of nitrogens with one attached hydrogen (secondary N) is 1. The molecule has 1 amide bonds. The molecule has 2 aromatic carbocycles. The van der Waals surface area contributed by atoms with Crippen molar-refractivity contribution < 1.29 is 18.7 Å². The van der Waals surface area contributed by atoms with Crippen molar-refractivity contribution in [1.82, 2.24) is 4.90 Å². The summed E-state index contributed by atoms with van der Waals surface area (Å²) in [4.78, 5) is 14.0. The van der Waals surface area contributed by atoms with Crippen LogP contribution in [0.2, 0.25) is 5.02 Å². The van der Waals surface area contributed by atoms with Crippen LogP contribution in [0.25, 0.3) is 0 Å². The lowest BCUT2D eigenvalue weighted by Crippen LogP contribution is -2.30. The van der Waals surface area contributed by atoms with Gasteiger partial charge in [-0.15, -0.1) is 0 Å². The Morgan fingerprint density at radius 3 is 2.64 bits per heavy atom. The number of anilines is 1. The number of carbonyl (C=O) groups is 1. The van der Waals surface area contributed by atoms with Gasteiger partial charge in [-0.25, -0.2) is 4.39 Å². The second-order valence-corrected chi connectivity index (χ2v) is 6.19. The quantitative estimate of drug-likeness (QED) is 0.884. The van der Waals surface area contributed by atoms with Gasteiger partial charge in [0.1, 0.15) is 19.0 Å². The minimum Gasteiger partial charge on any atom is -0.486 e. The topological polar surface area (TPSA) is 50.8 Å². The van der Waals surface area contributed by atoms with Crippen LogP contribution in [0.1, 0.15) is 5.56 Å². The molecule has 0 unspecified atom stereocenters. The minimum absolute atomic E-state index is 0.0963. The number of rotatable bonds is 5. The lowest BCUT2D eigenvalue weighted by atomic mass is 10.2. The van der Waals surface area contributed by atoms with Gasteiger partial charge in [0.25, 0.3) is 0 Å². The molecular weight excluding hydrogens is 347 g/mol. The van der Waals surface area contributed by atoms with Crippen molar-refractivity contribution >= 4 is 23.2 Å². The van der Waals surface area contributed by atoms with E-state index in [1.165, 1.54) is 6.07 Å². The second-order valence-electron chi connectivity index (χ2n) is 5.79. The van der Waals surface area contributed by atoms with Crippen LogP contribution < -0.4 is 14.8 Å². The normalized spacial score (nSPS) is 13.0. The fourth-order valence-corrected chi connectivity index (χ4v) is 2.77. The number of hydrogen-bond acceptors (Lipinski definition) is 4. The predicted molar refractivity (Wildman–Crippen MR) is 93.8 cm³/mol. The molecule has 1 aliphatic rings. The summed E-state index contributed by atoms with van der Waals surface area (Å²) in [7, 11) is 1.75. The van der Waals surface area contributed by atoms with Crippen molar-refractivity contribution in [3.05, 3.63) is 52.8 Å². The molecule has 0 aromatic heterocycles. The molecule has 0 saturated heterocycles. The zero-order valence-electron chi connectivity index (χ0n) is 13.7. The fraction of sp³-hybridized carbons (Fsp3) is 0.278. The van der Waals surface area contributed by atoms with Crippen LogP contribution in [0.15, 0.2) is 36.4 Å². The van der Waals surface area contributed by atoms with Gasteiger partial charge in [0.2, 0.25) is 5.91 Å². The summed E-state index contributed by atoms with van der Waals surface area (Å²) >= 11 is 6.18. The van der Waals surface area contributed by atoms with E-state index in [9.17, 15) is 9.18 Å². The van der Waals surface area contributed by atoms with Gasteiger partial charge in [-0.3, -0.25) is 9.69 Å². The van der Waals surface area contributed by atoms with Gasteiger partial charge in [0, 0.05) is 24.2 Å². The van der Waals surface area contributed by atoms with Gasteiger partial charge in [-0.05, 0) is 13.1 Å². The van der Waals surface area contributed by atoms with E-state index in [4.69, 9.17) is 21.1 Å². The molecule has 0 spiro atoms. The van der Waals surface area contributed by atoms with Crippen LogP contribution >= 0.6 is 11.6 Å². The molecule has 0 bridgehead atoms. The Morgan fingerprint density at radius 2 is 1.92 bits per heavy atom. The number of benzene rings is 2. The molecule has 1 aliphatic heterocycles. The molecule has 2 aromatic rings. The minimum atomic E-state index is -0.287. The molecule has 25 heavy (non-hydrogen) atoms. The first kappa shape index (κ1) is 17.5. The summed E-state index contributed by atoms with van der Waals surface area (Å²) < 4.78 is 24.6. The summed E-state index contributed by atoms with van der Waals surface area (Å²) in [6, 6.07) is 9.76. The highest BCUT2D eigenvalue weighted by Crippen LogP contribution is 2.37. The number of fused-ring (bicyclic) bond motifs is 1. The lowest BCUT2D eigenvalue weighted by molar-refractivity contribution is -0.117. The van der Waals surface area contributed by atoms with E-state index < -0.39 is 0 Å². The second kappa shape index (κ2) is 7.72. The molecule has 0 fully saturated rings. The third-order valence-electron chi connectivity index (χ3n) is 3.72. The van der Waals surface area contributed by atoms with Crippen molar-refractivity contribution in [1.29, 1.82) is 0 Å². The molecule has 0 saturated carbocycles.